The van der Waals surface area contributed by atoms with Gasteiger partial charge < -0.3 is 0 Å². The molecule has 24 heavy (non-hydrogen) atoms. The molecular formula is C17H8ClF4NO. The summed E-state index contributed by atoms with van der Waals surface area (Å²) in [5, 5.41) is 0.927. The van der Waals surface area contributed by atoms with E-state index in [-0.39, 0.29) is 5.52 Å². The van der Waals surface area contributed by atoms with Gasteiger partial charge in [-0.3, -0.25) is 4.79 Å². The van der Waals surface area contributed by atoms with E-state index >= 15 is 0 Å². The van der Waals surface area contributed by atoms with Gasteiger partial charge in [0.2, 0.25) is 5.78 Å². The van der Waals surface area contributed by atoms with Gasteiger partial charge in [0.1, 0.15) is 17.3 Å². The SMILES string of the molecule is O=C(c1ccc(F)cc1F)C(F)(F)c1ccc2cc(Cl)ccc2n1. The Morgan fingerprint density at radius 2 is 1.75 bits per heavy atom. The summed E-state index contributed by atoms with van der Waals surface area (Å²) in [6, 6.07) is 8.54. The number of halogens is 5. The minimum absolute atomic E-state index is 0.212. The van der Waals surface area contributed by atoms with Crippen LogP contribution < -0.4 is 0 Å². The highest BCUT2D eigenvalue weighted by Crippen LogP contribution is 2.33. The second-order valence-corrected chi connectivity index (χ2v) is 5.50. The van der Waals surface area contributed by atoms with Crippen molar-refractivity contribution in [3.8, 4) is 0 Å². The maximum absolute atomic E-state index is 14.4. The molecule has 0 amide bonds. The van der Waals surface area contributed by atoms with Gasteiger partial charge in [-0.15, -0.1) is 0 Å². The van der Waals surface area contributed by atoms with E-state index < -0.39 is 34.6 Å². The van der Waals surface area contributed by atoms with E-state index in [9.17, 15) is 22.4 Å². The van der Waals surface area contributed by atoms with Gasteiger partial charge in [-0.2, -0.15) is 8.78 Å². The van der Waals surface area contributed by atoms with Crippen molar-refractivity contribution in [2.75, 3.05) is 0 Å². The predicted molar refractivity (Wildman–Crippen MR) is 81.3 cm³/mol. The molecule has 0 aliphatic heterocycles. The van der Waals surface area contributed by atoms with E-state index in [0.29, 0.717) is 22.5 Å². The van der Waals surface area contributed by atoms with Crippen LogP contribution in [0.2, 0.25) is 5.02 Å². The van der Waals surface area contributed by atoms with Gasteiger partial charge in [0.25, 0.3) is 0 Å². The number of fused-ring (bicyclic) bond motifs is 1. The number of carbonyl (C=O) groups is 1. The number of rotatable bonds is 3. The fourth-order valence-corrected chi connectivity index (χ4v) is 2.41. The van der Waals surface area contributed by atoms with Gasteiger partial charge in [0, 0.05) is 16.5 Å². The van der Waals surface area contributed by atoms with Crippen LogP contribution in [0.4, 0.5) is 17.6 Å². The molecule has 1 heterocycles. The molecule has 0 spiro atoms. The molecule has 7 heteroatoms. The number of Topliss-reactive ketones (excluding diaryl/α,β-unsaturated/α-hetero) is 1. The van der Waals surface area contributed by atoms with Crippen LogP contribution in [0.3, 0.4) is 0 Å². The summed E-state index contributed by atoms with van der Waals surface area (Å²) in [5.74, 6) is -8.17. The van der Waals surface area contributed by atoms with Crippen LogP contribution in [0, 0.1) is 11.6 Å². The summed E-state index contributed by atoms with van der Waals surface area (Å²) in [7, 11) is 0. The van der Waals surface area contributed by atoms with Gasteiger partial charge >= 0.3 is 5.92 Å². The smallest absolute Gasteiger partial charge is 0.287 e. The predicted octanol–water partition coefficient (Wildman–Crippen LogP) is 5.14. The van der Waals surface area contributed by atoms with E-state index in [1.807, 2.05) is 0 Å². The Hall–Kier alpha value is -2.47. The number of aromatic nitrogens is 1. The molecule has 2 nitrogen and oxygen atoms in total. The van der Waals surface area contributed by atoms with Crippen LogP contribution in [0.1, 0.15) is 16.1 Å². The highest BCUT2D eigenvalue weighted by molar-refractivity contribution is 6.31. The first-order valence-electron chi connectivity index (χ1n) is 6.73. The van der Waals surface area contributed by atoms with Crippen molar-refractivity contribution < 1.29 is 22.4 Å². The van der Waals surface area contributed by atoms with E-state index in [1.54, 1.807) is 0 Å². The van der Waals surface area contributed by atoms with Crippen molar-refractivity contribution >= 4 is 28.3 Å². The lowest BCUT2D eigenvalue weighted by Crippen LogP contribution is -2.28. The van der Waals surface area contributed by atoms with Crippen molar-refractivity contribution in [1.82, 2.24) is 4.98 Å². The van der Waals surface area contributed by atoms with Gasteiger partial charge in [-0.25, -0.2) is 13.8 Å². The lowest BCUT2D eigenvalue weighted by atomic mass is 10.0. The van der Waals surface area contributed by atoms with Gasteiger partial charge in [-0.1, -0.05) is 17.7 Å². The van der Waals surface area contributed by atoms with Crippen molar-refractivity contribution in [1.29, 1.82) is 0 Å². The van der Waals surface area contributed by atoms with Crippen LogP contribution >= 0.6 is 11.6 Å². The minimum Gasteiger partial charge on any atom is -0.287 e. The zero-order valence-corrected chi connectivity index (χ0v) is 12.6. The number of hydrogen-bond donors (Lipinski definition) is 0. The fourth-order valence-electron chi connectivity index (χ4n) is 2.23. The lowest BCUT2D eigenvalue weighted by Gasteiger charge is -2.15. The summed E-state index contributed by atoms with van der Waals surface area (Å²) >= 11 is 5.81. The van der Waals surface area contributed by atoms with Gasteiger partial charge in [0.05, 0.1) is 11.1 Å². The third-order valence-electron chi connectivity index (χ3n) is 3.43. The number of pyridine rings is 1. The lowest BCUT2D eigenvalue weighted by molar-refractivity contribution is 0.00446. The molecule has 1 aromatic heterocycles. The molecule has 0 atom stereocenters. The summed E-state index contributed by atoms with van der Waals surface area (Å²) in [6.07, 6.45) is 0. The molecular weight excluding hydrogens is 346 g/mol. The van der Waals surface area contributed by atoms with E-state index in [1.165, 1.54) is 24.3 Å². The van der Waals surface area contributed by atoms with Crippen LogP contribution in [0.25, 0.3) is 10.9 Å². The Labute approximate surface area is 138 Å². The Morgan fingerprint density at radius 1 is 1.00 bits per heavy atom. The Kier molecular flexibility index (Phi) is 4.01. The Morgan fingerprint density at radius 3 is 2.46 bits per heavy atom. The number of carbonyl (C=O) groups excluding carboxylic acids is 1. The van der Waals surface area contributed by atoms with Crippen molar-refractivity contribution in [3.63, 3.8) is 0 Å². The zero-order chi connectivity index (χ0) is 17.5. The molecule has 122 valence electrons. The van der Waals surface area contributed by atoms with Crippen LogP contribution in [-0.2, 0) is 5.92 Å². The summed E-state index contributed by atoms with van der Waals surface area (Å²) in [5.41, 5.74) is -1.52. The fraction of sp³-hybridized carbons (Fsp3) is 0.0588. The summed E-state index contributed by atoms with van der Waals surface area (Å²) < 4.78 is 55.3. The molecule has 0 N–H and O–H groups in total. The molecule has 0 bridgehead atoms. The van der Waals surface area contributed by atoms with Crippen LogP contribution in [0.15, 0.2) is 48.5 Å². The molecule has 0 saturated carbocycles. The molecule has 0 unspecified atom stereocenters. The number of nitrogens with zero attached hydrogens (tertiary/aromatic N) is 1. The van der Waals surface area contributed by atoms with Crippen molar-refractivity contribution in [2.45, 2.75) is 5.92 Å². The largest absolute Gasteiger partial charge is 0.351 e. The molecule has 0 radical (unpaired) electrons. The Balaban J connectivity index is 2.06. The molecule has 0 aliphatic rings. The third kappa shape index (κ3) is 2.85. The van der Waals surface area contributed by atoms with Crippen LogP contribution in [-0.4, -0.2) is 10.8 Å². The summed E-state index contributed by atoms with van der Waals surface area (Å²) in [4.78, 5) is 15.8. The highest BCUT2D eigenvalue weighted by Gasteiger charge is 2.44. The second-order valence-electron chi connectivity index (χ2n) is 5.06. The maximum atomic E-state index is 14.4. The normalized spacial score (nSPS) is 11.7. The first kappa shape index (κ1) is 16.4. The van der Waals surface area contributed by atoms with Crippen molar-refractivity contribution in [3.05, 3.63) is 76.4 Å². The molecule has 0 saturated heterocycles. The molecule has 0 fully saturated rings. The highest BCUT2D eigenvalue weighted by atomic mass is 35.5. The van der Waals surface area contributed by atoms with Gasteiger partial charge in [0.15, 0.2) is 0 Å². The summed E-state index contributed by atoms with van der Waals surface area (Å²) in [6.45, 7) is 0. The van der Waals surface area contributed by atoms with Crippen molar-refractivity contribution in [2.24, 2.45) is 0 Å². The average Bonchev–Trinajstić information content (AvgIpc) is 2.53. The number of ketones is 1. The van der Waals surface area contributed by atoms with Crippen LogP contribution in [0.5, 0.6) is 0 Å². The Bertz CT molecular complexity index is 958. The quantitative estimate of drug-likeness (QED) is 0.482. The van der Waals surface area contributed by atoms with Gasteiger partial charge in [-0.05, 0) is 36.4 Å². The van der Waals surface area contributed by atoms with E-state index in [0.717, 1.165) is 12.1 Å². The first-order valence-corrected chi connectivity index (χ1v) is 7.11. The number of hydrogen-bond acceptors (Lipinski definition) is 2. The minimum atomic E-state index is -4.06. The first-order chi connectivity index (χ1) is 11.3. The average molecular weight is 354 g/mol. The molecule has 3 rings (SSSR count). The maximum Gasteiger partial charge on any atom is 0.351 e. The zero-order valence-electron chi connectivity index (χ0n) is 11.9. The molecule has 0 aliphatic carbocycles. The van der Waals surface area contributed by atoms with E-state index in [4.69, 9.17) is 11.6 Å². The molecule has 2 aromatic carbocycles. The monoisotopic (exact) mass is 353 g/mol. The third-order valence-corrected chi connectivity index (χ3v) is 3.67. The number of benzene rings is 2. The van der Waals surface area contributed by atoms with E-state index in [2.05, 4.69) is 4.98 Å². The second kappa shape index (κ2) is 5.87. The number of alkyl halides is 2. The molecule has 3 aromatic rings. The topological polar surface area (TPSA) is 30.0 Å². The standard InChI is InChI=1S/C17H8ClF4NO/c18-10-2-5-14-9(7-10)1-6-15(23-14)17(21,22)16(24)12-4-3-11(19)8-13(12)20/h1-8H.